The van der Waals surface area contributed by atoms with Crippen LogP contribution in [0.2, 0.25) is 0 Å². The summed E-state index contributed by atoms with van der Waals surface area (Å²) in [5.74, 6) is 3.10. The number of hydrogen-bond donors (Lipinski definition) is 2. The van der Waals surface area contributed by atoms with Crippen molar-refractivity contribution in [3.63, 3.8) is 0 Å². The van der Waals surface area contributed by atoms with E-state index in [1.54, 1.807) is 14.2 Å². The molecule has 148 valence electrons. The summed E-state index contributed by atoms with van der Waals surface area (Å²) in [6, 6.07) is 7.61. The normalized spacial score (nSPS) is 15.9. The average molecular weight is 476 g/mol. The summed E-state index contributed by atoms with van der Waals surface area (Å²) in [7, 11) is 3.45. The van der Waals surface area contributed by atoms with Gasteiger partial charge in [0.25, 0.3) is 0 Å². The Kier molecular flexibility index (Phi) is 11.4. The van der Waals surface area contributed by atoms with Crippen LogP contribution in [-0.4, -0.2) is 64.3 Å². The highest BCUT2D eigenvalue weighted by Gasteiger charge is 2.14. The van der Waals surface area contributed by atoms with Gasteiger partial charge >= 0.3 is 0 Å². The molecule has 7 heteroatoms. The minimum atomic E-state index is 0. The fourth-order valence-corrected chi connectivity index (χ4v) is 2.97. The first-order valence-electron chi connectivity index (χ1n) is 9.15. The van der Waals surface area contributed by atoms with Crippen molar-refractivity contribution in [3.05, 3.63) is 24.3 Å². The molecular weight excluding hydrogens is 443 g/mol. The largest absolute Gasteiger partial charge is 0.497 e. The van der Waals surface area contributed by atoms with E-state index in [0.29, 0.717) is 19.1 Å². The Hall–Kier alpha value is -1.22. The van der Waals surface area contributed by atoms with Crippen molar-refractivity contribution in [1.82, 2.24) is 15.5 Å². The first kappa shape index (κ1) is 22.8. The third-order valence-electron chi connectivity index (χ3n) is 4.33. The van der Waals surface area contributed by atoms with Crippen LogP contribution in [-0.2, 0) is 0 Å². The maximum atomic E-state index is 5.71. The van der Waals surface area contributed by atoms with Crippen LogP contribution < -0.4 is 20.1 Å². The Morgan fingerprint density at radius 2 is 1.81 bits per heavy atom. The van der Waals surface area contributed by atoms with Gasteiger partial charge in [-0.2, -0.15) is 0 Å². The molecule has 1 aliphatic rings. The van der Waals surface area contributed by atoms with Crippen LogP contribution in [0, 0.1) is 5.92 Å². The van der Waals surface area contributed by atoms with E-state index in [-0.39, 0.29) is 24.0 Å². The molecule has 1 atom stereocenters. The highest BCUT2D eigenvalue weighted by atomic mass is 127. The fraction of sp³-hybridized carbons (Fsp3) is 0.632. The molecule has 0 radical (unpaired) electrons. The van der Waals surface area contributed by atoms with Gasteiger partial charge < -0.3 is 25.0 Å². The topological polar surface area (TPSA) is 58.1 Å². The lowest BCUT2D eigenvalue weighted by Crippen LogP contribution is -2.42. The van der Waals surface area contributed by atoms with E-state index in [1.807, 2.05) is 24.3 Å². The molecule has 1 aromatic rings. The van der Waals surface area contributed by atoms with Gasteiger partial charge in [0.1, 0.15) is 18.1 Å². The predicted octanol–water partition coefficient (Wildman–Crippen LogP) is 2.59. The number of guanidine groups is 1. The Balaban J connectivity index is 0.00000338. The lowest BCUT2D eigenvalue weighted by atomic mass is 10.1. The molecule has 2 rings (SSSR count). The van der Waals surface area contributed by atoms with Crippen LogP contribution >= 0.6 is 24.0 Å². The molecule has 0 spiro atoms. The zero-order valence-corrected chi connectivity index (χ0v) is 18.5. The van der Waals surface area contributed by atoms with Gasteiger partial charge in [-0.25, -0.2) is 0 Å². The zero-order valence-electron chi connectivity index (χ0n) is 16.2. The number of nitrogens with zero attached hydrogens (tertiary/aromatic N) is 2. The monoisotopic (exact) mass is 476 g/mol. The molecule has 1 saturated heterocycles. The summed E-state index contributed by atoms with van der Waals surface area (Å²) in [6.07, 6.45) is 2.69. The quantitative estimate of drug-likeness (QED) is 0.249. The number of hydrogen-bond acceptors (Lipinski definition) is 4. The SMILES string of the molecule is CN=C(NCCOc1ccc(OC)cc1)NCC(C)CN1CCCC1.I. The van der Waals surface area contributed by atoms with Gasteiger partial charge in [-0.05, 0) is 56.1 Å². The van der Waals surface area contributed by atoms with Crippen LogP contribution in [0.5, 0.6) is 11.5 Å². The third-order valence-corrected chi connectivity index (χ3v) is 4.33. The summed E-state index contributed by atoms with van der Waals surface area (Å²) in [6.45, 7) is 8.15. The Morgan fingerprint density at radius 1 is 1.15 bits per heavy atom. The van der Waals surface area contributed by atoms with Crippen LogP contribution in [0.1, 0.15) is 19.8 Å². The molecule has 1 unspecified atom stereocenters. The lowest BCUT2D eigenvalue weighted by molar-refractivity contribution is 0.287. The average Bonchev–Trinajstić information content (AvgIpc) is 3.14. The summed E-state index contributed by atoms with van der Waals surface area (Å²) in [5.41, 5.74) is 0. The molecule has 1 fully saturated rings. The van der Waals surface area contributed by atoms with Crippen LogP contribution in [0.4, 0.5) is 0 Å². The second kappa shape index (κ2) is 13.0. The molecule has 1 aliphatic heterocycles. The predicted molar refractivity (Wildman–Crippen MR) is 118 cm³/mol. The number of nitrogens with one attached hydrogen (secondary N) is 2. The van der Waals surface area contributed by atoms with Crippen molar-refractivity contribution in [2.75, 3.05) is 53.5 Å². The van der Waals surface area contributed by atoms with Gasteiger partial charge in [-0.15, -0.1) is 24.0 Å². The molecule has 1 heterocycles. The van der Waals surface area contributed by atoms with Crippen LogP contribution in [0.15, 0.2) is 29.3 Å². The van der Waals surface area contributed by atoms with Crippen LogP contribution in [0.3, 0.4) is 0 Å². The van der Waals surface area contributed by atoms with E-state index in [2.05, 4.69) is 27.4 Å². The minimum Gasteiger partial charge on any atom is -0.497 e. The van der Waals surface area contributed by atoms with Crippen molar-refractivity contribution >= 4 is 29.9 Å². The summed E-state index contributed by atoms with van der Waals surface area (Å²) in [5, 5.41) is 6.68. The number of benzene rings is 1. The molecule has 0 amide bonds. The van der Waals surface area contributed by atoms with Gasteiger partial charge in [0.2, 0.25) is 0 Å². The maximum Gasteiger partial charge on any atom is 0.191 e. The highest BCUT2D eigenvalue weighted by Crippen LogP contribution is 2.16. The standard InChI is InChI=1S/C19H32N4O2.HI/c1-16(15-23-11-4-5-12-23)14-22-19(20-2)21-10-13-25-18-8-6-17(24-3)7-9-18;/h6-9,16H,4-5,10-15H2,1-3H3,(H2,20,21,22);1H. The summed E-state index contributed by atoms with van der Waals surface area (Å²) >= 11 is 0. The van der Waals surface area contributed by atoms with E-state index in [4.69, 9.17) is 9.47 Å². The van der Waals surface area contributed by atoms with Gasteiger partial charge in [0.15, 0.2) is 5.96 Å². The van der Waals surface area contributed by atoms with Crippen molar-refractivity contribution in [3.8, 4) is 11.5 Å². The zero-order chi connectivity index (χ0) is 17.9. The van der Waals surface area contributed by atoms with Crippen LogP contribution in [0.25, 0.3) is 0 Å². The van der Waals surface area contributed by atoms with E-state index in [9.17, 15) is 0 Å². The molecule has 0 saturated carbocycles. The third kappa shape index (κ3) is 8.44. The molecule has 6 nitrogen and oxygen atoms in total. The summed E-state index contributed by atoms with van der Waals surface area (Å²) in [4.78, 5) is 6.81. The molecule has 0 aliphatic carbocycles. The number of likely N-dealkylation sites (tertiary alicyclic amines) is 1. The smallest absolute Gasteiger partial charge is 0.191 e. The molecule has 26 heavy (non-hydrogen) atoms. The van der Waals surface area contributed by atoms with E-state index >= 15 is 0 Å². The number of aliphatic imine (C=N–C) groups is 1. The lowest BCUT2D eigenvalue weighted by Gasteiger charge is -2.21. The van der Waals surface area contributed by atoms with Gasteiger partial charge in [-0.3, -0.25) is 4.99 Å². The Bertz CT molecular complexity index is 519. The molecule has 1 aromatic carbocycles. The van der Waals surface area contributed by atoms with Crippen molar-refractivity contribution < 1.29 is 9.47 Å². The Labute approximate surface area is 174 Å². The van der Waals surface area contributed by atoms with Gasteiger partial charge in [0, 0.05) is 20.1 Å². The maximum absolute atomic E-state index is 5.71. The fourth-order valence-electron chi connectivity index (χ4n) is 2.97. The molecule has 0 aromatic heterocycles. The van der Waals surface area contributed by atoms with E-state index in [1.165, 1.54) is 25.9 Å². The first-order chi connectivity index (χ1) is 12.2. The second-order valence-electron chi connectivity index (χ2n) is 6.52. The van der Waals surface area contributed by atoms with Crippen molar-refractivity contribution in [2.24, 2.45) is 10.9 Å². The second-order valence-corrected chi connectivity index (χ2v) is 6.52. The number of halogens is 1. The van der Waals surface area contributed by atoms with Gasteiger partial charge in [-0.1, -0.05) is 6.92 Å². The molecular formula is C19H33IN4O2. The number of methoxy groups -OCH3 is 1. The number of rotatable bonds is 9. The van der Waals surface area contributed by atoms with Gasteiger partial charge in [0.05, 0.1) is 13.7 Å². The minimum absolute atomic E-state index is 0. The molecule has 0 bridgehead atoms. The highest BCUT2D eigenvalue weighted by molar-refractivity contribution is 14.0. The summed E-state index contributed by atoms with van der Waals surface area (Å²) < 4.78 is 10.8. The number of ether oxygens (including phenoxy) is 2. The van der Waals surface area contributed by atoms with Crippen molar-refractivity contribution in [1.29, 1.82) is 0 Å². The van der Waals surface area contributed by atoms with Crippen molar-refractivity contribution in [2.45, 2.75) is 19.8 Å². The van der Waals surface area contributed by atoms with E-state index < -0.39 is 0 Å². The molecule has 2 N–H and O–H groups in total. The van der Waals surface area contributed by atoms with E-state index in [0.717, 1.165) is 30.5 Å². The Morgan fingerprint density at radius 3 is 2.42 bits per heavy atom. The first-order valence-corrected chi connectivity index (χ1v) is 9.15.